The molecule has 0 aliphatic carbocycles. The van der Waals surface area contributed by atoms with Gasteiger partial charge in [-0.15, -0.1) is 11.3 Å². The van der Waals surface area contributed by atoms with Crippen molar-refractivity contribution in [2.75, 3.05) is 18.0 Å². The number of ether oxygens (including phenoxy) is 3. The van der Waals surface area contributed by atoms with Crippen LogP contribution in [0, 0.1) is 5.82 Å². The first kappa shape index (κ1) is 35.4. The minimum atomic E-state index is -4.48. The Kier molecular flexibility index (Phi) is 11.3. The van der Waals surface area contributed by atoms with Crippen LogP contribution in [0.5, 0.6) is 5.75 Å². The number of hydrogen-bond acceptors (Lipinski definition) is 11. The van der Waals surface area contributed by atoms with E-state index in [-0.39, 0.29) is 35.8 Å². The van der Waals surface area contributed by atoms with Gasteiger partial charge in [0.15, 0.2) is 11.5 Å². The molecule has 2 aromatic carbocycles. The molecule has 0 saturated heterocycles. The number of thiazole rings is 1. The molecule has 0 unspecified atom stereocenters. The summed E-state index contributed by atoms with van der Waals surface area (Å²) in [5.41, 5.74) is 4.67. The second kappa shape index (κ2) is 14.3. The molecule has 0 atom stereocenters. The molecule has 0 fully saturated rings. The summed E-state index contributed by atoms with van der Waals surface area (Å²) in [6.45, 7) is 9.51. The van der Waals surface area contributed by atoms with Gasteiger partial charge in [0.2, 0.25) is 0 Å². The molecule has 1 amide bonds. The molecule has 0 aliphatic rings. The second-order valence-electron chi connectivity index (χ2n) is 11.8. The van der Waals surface area contributed by atoms with Gasteiger partial charge in [-0.1, -0.05) is 18.2 Å². The number of halogens is 1. The highest BCUT2D eigenvalue weighted by Gasteiger charge is 2.33. The van der Waals surface area contributed by atoms with Gasteiger partial charge in [-0.2, -0.15) is 0 Å². The molecule has 3 aromatic rings. The van der Waals surface area contributed by atoms with E-state index >= 15 is 4.39 Å². The Balaban J connectivity index is 1.87. The molecule has 2 N–H and O–H groups in total. The molecule has 244 valence electrons. The van der Waals surface area contributed by atoms with E-state index in [0.717, 1.165) is 21.7 Å². The van der Waals surface area contributed by atoms with Crippen molar-refractivity contribution >= 4 is 44.2 Å². The number of rotatable bonds is 12. The fourth-order valence-electron chi connectivity index (χ4n) is 3.80. The Labute approximate surface area is 265 Å². The van der Waals surface area contributed by atoms with Crippen molar-refractivity contribution in [1.29, 1.82) is 0 Å². The summed E-state index contributed by atoms with van der Waals surface area (Å²) in [4.78, 5) is 40.8. The number of benzene rings is 2. The zero-order valence-electron chi connectivity index (χ0n) is 26.1. The van der Waals surface area contributed by atoms with E-state index < -0.39 is 49.8 Å². The maximum Gasteiger partial charge on any atom is 0.422 e. The number of hydrogen-bond donors (Lipinski definition) is 2. The first-order valence-electron chi connectivity index (χ1n) is 13.7. The molecule has 0 bridgehead atoms. The number of amides is 1. The summed E-state index contributed by atoms with van der Waals surface area (Å²) < 4.78 is 60.0. The number of methoxy groups -OCH3 is 1. The van der Waals surface area contributed by atoms with Crippen molar-refractivity contribution in [2.45, 2.75) is 70.6 Å². The fourth-order valence-corrected chi connectivity index (χ4v) is 6.28. The van der Waals surface area contributed by atoms with Gasteiger partial charge < -0.3 is 14.2 Å². The number of nitrogens with one attached hydrogen (secondary N) is 2. The number of anilines is 1. The van der Waals surface area contributed by atoms with E-state index in [2.05, 4.69) is 15.8 Å². The SMILES string of the molecule is COc1ccc(CN(c2scnc2C(=O)OC(C)(C)C)S(=O)(=O)c2ccc(CC(=O)CNNC(=O)OC(C)(C)C)c(F)c2)cc1. The third kappa shape index (κ3) is 10.2. The van der Waals surface area contributed by atoms with Gasteiger partial charge in [-0.05, 0) is 76.9 Å². The van der Waals surface area contributed by atoms with Crippen LogP contribution in [0.4, 0.5) is 14.2 Å². The number of carbonyl (C=O) groups excluding carboxylic acids is 3. The molecule has 0 radical (unpaired) electrons. The van der Waals surface area contributed by atoms with Gasteiger partial charge in [-0.25, -0.2) is 32.8 Å². The number of esters is 1. The molecule has 0 spiro atoms. The lowest BCUT2D eigenvalue weighted by atomic mass is 10.1. The molecule has 3 rings (SSSR count). The topological polar surface area (TPSA) is 153 Å². The van der Waals surface area contributed by atoms with E-state index in [1.165, 1.54) is 24.8 Å². The molecule has 45 heavy (non-hydrogen) atoms. The van der Waals surface area contributed by atoms with Gasteiger partial charge in [0.1, 0.15) is 27.8 Å². The molecule has 1 heterocycles. The van der Waals surface area contributed by atoms with Crippen LogP contribution in [0.25, 0.3) is 0 Å². The van der Waals surface area contributed by atoms with Crippen LogP contribution in [-0.4, -0.2) is 56.1 Å². The number of hydrazine groups is 1. The molecule has 1 aromatic heterocycles. The molecule has 0 saturated carbocycles. The van der Waals surface area contributed by atoms with E-state index in [9.17, 15) is 22.8 Å². The van der Waals surface area contributed by atoms with Crippen molar-refractivity contribution in [2.24, 2.45) is 0 Å². The normalized spacial score (nSPS) is 11.9. The Morgan fingerprint density at radius 2 is 1.62 bits per heavy atom. The van der Waals surface area contributed by atoms with Crippen LogP contribution in [0.1, 0.15) is 63.2 Å². The van der Waals surface area contributed by atoms with E-state index in [1.54, 1.807) is 65.8 Å². The third-order valence-corrected chi connectivity index (χ3v) is 8.43. The molecule has 12 nitrogen and oxygen atoms in total. The lowest BCUT2D eigenvalue weighted by molar-refractivity contribution is -0.117. The summed E-state index contributed by atoms with van der Waals surface area (Å²) in [6.07, 6.45) is -1.16. The second-order valence-corrected chi connectivity index (χ2v) is 14.5. The summed E-state index contributed by atoms with van der Waals surface area (Å²) in [6, 6.07) is 9.85. The lowest BCUT2D eigenvalue weighted by Crippen LogP contribution is -2.43. The number of nitrogens with zero attached hydrogens (tertiary/aromatic N) is 2. The average Bonchev–Trinajstić information content (AvgIpc) is 3.41. The lowest BCUT2D eigenvalue weighted by Gasteiger charge is -2.25. The zero-order chi connectivity index (χ0) is 33.6. The predicted octanol–water partition coefficient (Wildman–Crippen LogP) is 4.78. The maximum absolute atomic E-state index is 15.2. The van der Waals surface area contributed by atoms with Gasteiger partial charge in [0.05, 0.1) is 30.6 Å². The van der Waals surface area contributed by atoms with E-state index in [4.69, 9.17) is 14.2 Å². The first-order chi connectivity index (χ1) is 20.9. The quantitative estimate of drug-likeness (QED) is 0.204. The van der Waals surface area contributed by atoms with Crippen molar-refractivity contribution in [3.05, 3.63) is 70.6 Å². The van der Waals surface area contributed by atoms with Crippen LogP contribution in [0.15, 0.2) is 52.9 Å². The molecule has 15 heteroatoms. The van der Waals surface area contributed by atoms with Crippen LogP contribution in [-0.2, 0) is 37.3 Å². The number of Topliss-reactive ketones (excluding diaryl/α,β-unsaturated/α-hetero) is 1. The highest BCUT2D eigenvalue weighted by molar-refractivity contribution is 7.93. The Morgan fingerprint density at radius 3 is 2.20 bits per heavy atom. The fraction of sp³-hybridized carbons (Fsp3) is 0.400. The average molecular weight is 665 g/mol. The summed E-state index contributed by atoms with van der Waals surface area (Å²) >= 11 is 0.914. The van der Waals surface area contributed by atoms with Crippen LogP contribution in [0.3, 0.4) is 0 Å². The smallest absolute Gasteiger partial charge is 0.422 e. The van der Waals surface area contributed by atoms with Gasteiger partial charge in [0, 0.05) is 6.42 Å². The summed E-state index contributed by atoms with van der Waals surface area (Å²) in [5, 5.41) is -0.0108. The van der Waals surface area contributed by atoms with E-state index in [1.807, 2.05) is 0 Å². The van der Waals surface area contributed by atoms with Gasteiger partial charge in [-0.3, -0.25) is 14.5 Å². The van der Waals surface area contributed by atoms with Crippen LogP contribution >= 0.6 is 11.3 Å². The highest BCUT2D eigenvalue weighted by Crippen LogP contribution is 2.34. The number of aromatic nitrogens is 1. The monoisotopic (exact) mass is 664 g/mol. The Morgan fingerprint density at radius 1 is 0.978 bits per heavy atom. The van der Waals surface area contributed by atoms with Crippen molar-refractivity contribution in [3.8, 4) is 5.75 Å². The number of carbonyl (C=O) groups is 3. The summed E-state index contributed by atoms with van der Waals surface area (Å²) in [5.74, 6) is -1.66. The summed E-state index contributed by atoms with van der Waals surface area (Å²) in [7, 11) is -2.98. The maximum atomic E-state index is 15.2. The standard InChI is InChI=1S/C30H37FN4O8S2/c1-29(2,3)42-27(37)25-26(44-18-32-25)35(17-19-8-11-22(41-7)12-9-19)45(39,40)23-13-10-20(24(31)15-23)14-21(36)16-33-34-28(38)43-30(4,5)6/h8-13,15,18,33H,14,16-17H2,1-7H3,(H,34,38). The minimum Gasteiger partial charge on any atom is -0.497 e. The Bertz CT molecular complexity index is 1630. The molecular weight excluding hydrogens is 627 g/mol. The molecular formula is C30H37FN4O8S2. The minimum absolute atomic E-state index is 0.0108. The first-order valence-corrected chi connectivity index (χ1v) is 16.1. The largest absolute Gasteiger partial charge is 0.497 e. The van der Waals surface area contributed by atoms with Gasteiger partial charge >= 0.3 is 12.1 Å². The number of sulfonamides is 1. The van der Waals surface area contributed by atoms with Gasteiger partial charge in [0.25, 0.3) is 10.0 Å². The van der Waals surface area contributed by atoms with Crippen LogP contribution in [0.2, 0.25) is 0 Å². The van der Waals surface area contributed by atoms with Crippen molar-refractivity contribution < 1.29 is 41.4 Å². The zero-order valence-corrected chi connectivity index (χ0v) is 27.7. The third-order valence-electron chi connectivity index (χ3n) is 5.73. The highest BCUT2D eigenvalue weighted by atomic mass is 32.2. The van der Waals surface area contributed by atoms with E-state index in [0.29, 0.717) is 11.3 Å². The van der Waals surface area contributed by atoms with Crippen LogP contribution < -0.4 is 19.9 Å². The Hall–Kier alpha value is -4.08. The molecule has 0 aliphatic heterocycles. The van der Waals surface area contributed by atoms with Crippen molar-refractivity contribution in [3.63, 3.8) is 0 Å². The number of ketones is 1. The predicted molar refractivity (Wildman–Crippen MR) is 166 cm³/mol. The van der Waals surface area contributed by atoms with Crippen molar-refractivity contribution in [1.82, 2.24) is 15.8 Å².